The Labute approximate surface area is 80.8 Å². The van der Waals surface area contributed by atoms with E-state index in [4.69, 9.17) is 5.73 Å². The van der Waals surface area contributed by atoms with Gasteiger partial charge in [0.25, 0.3) is 0 Å². The second-order valence-corrected chi connectivity index (χ2v) is 3.98. The minimum absolute atomic E-state index is 0.758. The SMILES string of the molecule is Cc1cnn(Cc2cccs2)c1N. The maximum Gasteiger partial charge on any atom is 0.125 e. The van der Waals surface area contributed by atoms with Crippen LogP contribution in [0, 0.1) is 6.92 Å². The average molecular weight is 193 g/mol. The normalized spacial score (nSPS) is 10.5. The molecule has 2 aromatic rings. The molecule has 2 rings (SSSR count). The quantitative estimate of drug-likeness (QED) is 0.791. The minimum atomic E-state index is 0.758. The Balaban J connectivity index is 2.24. The van der Waals surface area contributed by atoms with Crippen molar-refractivity contribution in [2.24, 2.45) is 0 Å². The van der Waals surface area contributed by atoms with Crippen LogP contribution in [0.3, 0.4) is 0 Å². The van der Waals surface area contributed by atoms with Gasteiger partial charge < -0.3 is 5.73 Å². The molecule has 0 spiro atoms. The first-order valence-electron chi connectivity index (χ1n) is 4.07. The molecule has 0 fully saturated rings. The lowest BCUT2D eigenvalue weighted by Gasteiger charge is -2.01. The maximum absolute atomic E-state index is 5.82. The monoisotopic (exact) mass is 193 g/mol. The summed E-state index contributed by atoms with van der Waals surface area (Å²) in [6.45, 7) is 2.74. The third-order valence-electron chi connectivity index (χ3n) is 1.96. The Kier molecular flexibility index (Phi) is 2.06. The molecule has 0 aliphatic carbocycles. The van der Waals surface area contributed by atoms with E-state index >= 15 is 0 Å². The summed E-state index contributed by atoms with van der Waals surface area (Å²) in [4.78, 5) is 1.27. The fourth-order valence-electron chi connectivity index (χ4n) is 1.16. The number of nitrogens with two attached hydrogens (primary N) is 1. The second-order valence-electron chi connectivity index (χ2n) is 2.95. The van der Waals surface area contributed by atoms with Gasteiger partial charge in [-0.05, 0) is 18.4 Å². The van der Waals surface area contributed by atoms with Gasteiger partial charge in [-0.3, -0.25) is 0 Å². The molecule has 0 bridgehead atoms. The van der Waals surface area contributed by atoms with Crippen LogP contribution in [0.1, 0.15) is 10.4 Å². The number of anilines is 1. The topological polar surface area (TPSA) is 43.8 Å². The average Bonchev–Trinajstić information content (AvgIpc) is 2.71. The van der Waals surface area contributed by atoms with Gasteiger partial charge in [-0.1, -0.05) is 6.07 Å². The molecular formula is C9H11N3S. The van der Waals surface area contributed by atoms with E-state index in [1.165, 1.54) is 4.88 Å². The fourth-order valence-corrected chi connectivity index (χ4v) is 1.85. The van der Waals surface area contributed by atoms with Crippen LogP contribution in [0.4, 0.5) is 5.82 Å². The Morgan fingerprint density at radius 3 is 3.00 bits per heavy atom. The van der Waals surface area contributed by atoms with Crippen LogP contribution in [0.2, 0.25) is 0 Å². The van der Waals surface area contributed by atoms with Crippen LogP contribution in [0.15, 0.2) is 23.7 Å². The molecule has 13 heavy (non-hydrogen) atoms. The predicted octanol–water partition coefficient (Wildman–Crippen LogP) is 1.88. The summed E-state index contributed by atoms with van der Waals surface area (Å²) in [6, 6.07) is 4.12. The zero-order valence-electron chi connectivity index (χ0n) is 7.40. The van der Waals surface area contributed by atoms with Gasteiger partial charge in [-0.2, -0.15) is 5.10 Å². The summed E-state index contributed by atoms with van der Waals surface area (Å²) in [6.07, 6.45) is 1.79. The molecule has 0 saturated carbocycles. The van der Waals surface area contributed by atoms with Crippen LogP contribution in [-0.4, -0.2) is 9.78 Å². The molecule has 0 aromatic carbocycles. The van der Waals surface area contributed by atoms with E-state index in [2.05, 4.69) is 16.5 Å². The second kappa shape index (κ2) is 3.22. The lowest BCUT2D eigenvalue weighted by Crippen LogP contribution is -2.04. The van der Waals surface area contributed by atoms with Crippen molar-refractivity contribution in [1.82, 2.24) is 9.78 Å². The Bertz CT molecular complexity index is 389. The Morgan fingerprint density at radius 2 is 2.46 bits per heavy atom. The lowest BCUT2D eigenvalue weighted by atomic mass is 10.4. The highest BCUT2D eigenvalue weighted by Gasteiger charge is 2.03. The first-order valence-corrected chi connectivity index (χ1v) is 4.95. The van der Waals surface area contributed by atoms with Crippen molar-refractivity contribution in [3.63, 3.8) is 0 Å². The first kappa shape index (κ1) is 8.31. The highest BCUT2D eigenvalue weighted by molar-refractivity contribution is 7.09. The summed E-state index contributed by atoms with van der Waals surface area (Å²) >= 11 is 1.72. The standard InChI is InChI=1S/C9H11N3S/c1-7-5-11-12(9(7)10)6-8-3-2-4-13-8/h2-5H,6,10H2,1H3. The molecule has 3 nitrogen and oxygen atoms in total. The van der Waals surface area contributed by atoms with Gasteiger partial charge in [0.05, 0.1) is 12.7 Å². The van der Waals surface area contributed by atoms with Crippen molar-refractivity contribution in [3.05, 3.63) is 34.2 Å². The third-order valence-corrected chi connectivity index (χ3v) is 2.82. The van der Waals surface area contributed by atoms with Gasteiger partial charge in [0.2, 0.25) is 0 Å². The molecule has 0 unspecified atom stereocenters. The molecule has 0 amide bonds. The van der Waals surface area contributed by atoms with Gasteiger partial charge in [0.15, 0.2) is 0 Å². The summed E-state index contributed by atoms with van der Waals surface area (Å²) in [5, 5.41) is 6.25. The molecule has 68 valence electrons. The molecule has 0 aliphatic rings. The highest BCUT2D eigenvalue weighted by atomic mass is 32.1. The minimum Gasteiger partial charge on any atom is -0.384 e. The molecular weight excluding hydrogens is 182 g/mol. The van der Waals surface area contributed by atoms with E-state index in [1.54, 1.807) is 17.5 Å². The smallest absolute Gasteiger partial charge is 0.125 e. The number of nitrogens with zero attached hydrogens (tertiary/aromatic N) is 2. The van der Waals surface area contributed by atoms with E-state index < -0.39 is 0 Å². The maximum atomic E-state index is 5.82. The number of rotatable bonds is 2. The van der Waals surface area contributed by atoms with Crippen molar-refractivity contribution in [1.29, 1.82) is 0 Å². The number of nitrogen functional groups attached to an aromatic ring is 1. The molecule has 0 radical (unpaired) electrons. The third kappa shape index (κ3) is 1.58. The van der Waals surface area contributed by atoms with E-state index in [0.29, 0.717) is 0 Å². The number of hydrogen-bond acceptors (Lipinski definition) is 3. The fraction of sp³-hybridized carbons (Fsp3) is 0.222. The Hall–Kier alpha value is -1.29. The summed E-state index contributed by atoms with van der Waals surface area (Å²) in [5.41, 5.74) is 6.86. The van der Waals surface area contributed by atoms with E-state index in [0.717, 1.165) is 17.9 Å². The highest BCUT2D eigenvalue weighted by Crippen LogP contribution is 2.14. The molecule has 0 saturated heterocycles. The molecule has 2 aromatic heterocycles. The Morgan fingerprint density at radius 1 is 1.62 bits per heavy atom. The van der Waals surface area contributed by atoms with Crippen LogP contribution in [0.25, 0.3) is 0 Å². The van der Waals surface area contributed by atoms with Crippen molar-refractivity contribution >= 4 is 17.2 Å². The van der Waals surface area contributed by atoms with Gasteiger partial charge in [0.1, 0.15) is 5.82 Å². The zero-order valence-corrected chi connectivity index (χ0v) is 8.21. The van der Waals surface area contributed by atoms with Crippen molar-refractivity contribution in [3.8, 4) is 0 Å². The van der Waals surface area contributed by atoms with Crippen molar-refractivity contribution in [2.45, 2.75) is 13.5 Å². The van der Waals surface area contributed by atoms with Crippen molar-refractivity contribution in [2.75, 3.05) is 5.73 Å². The largest absolute Gasteiger partial charge is 0.384 e. The molecule has 2 heterocycles. The number of thiophene rings is 1. The van der Waals surface area contributed by atoms with Crippen LogP contribution >= 0.6 is 11.3 Å². The summed E-state index contributed by atoms with van der Waals surface area (Å²) < 4.78 is 1.82. The van der Waals surface area contributed by atoms with Crippen LogP contribution in [0.5, 0.6) is 0 Å². The summed E-state index contributed by atoms with van der Waals surface area (Å²) in [7, 11) is 0. The van der Waals surface area contributed by atoms with Crippen molar-refractivity contribution < 1.29 is 0 Å². The predicted molar refractivity (Wildman–Crippen MR) is 54.8 cm³/mol. The summed E-state index contributed by atoms with van der Waals surface area (Å²) in [5.74, 6) is 0.758. The number of aryl methyl sites for hydroxylation is 1. The van der Waals surface area contributed by atoms with Gasteiger partial charge in [-0.25, -0.2) is 4.68 Å². The number of hydrogen-bond donors (Lipinski definition) is 1. The van der Waals surface area contributed by atoms with E-state index in [1.807, 2.05) is 17.7 Å². The first-order chi connectivity index (χ1) is 6.27. The van der Waals surface area contributed by atoms with Crippen LogP contribution < -0.4 is 5.73 Å². The van der Waals surface area contributed by atoms with Crippen LogP contribution in [-0.2, 0) is 6.54 Å². The molecule has 4 heteroatoms. The van der Waals surface area contributed by atoms with Gasteiger partial charge >= 0.3 is 0 Å². The van der Waals surface area contributed by atoms with E-state index in [-0.39, 0.29) is 0 Å². The molecule has 2 N–H and O–H groups in total. The van der Waals surface area contributed by atoms with Gasteiger partial charge in [-0.15, -0.1) is 11.3 Å². The van der Waals surface area contributed by atoms with E-state index in [9.17, 15) is 0 Å². The van der Waals surface area contributed by atoms with Gasteiger partial charge in [0, 0.05) is 10.4 Å². The number of aromatic nitrogens is 2. The molecule has 0 atom stereocenters. The zero-order chi connectivity index (χ0) is 9.26. The molecule has 0 aliphatic heterocycles. The lowest BCUT2D eigenvalue weighted by molar-refractivity contribution is 0.705.